The van der Waals surface area contributed by atoms with Gasteiger partial charge in [0.15, 0.2) is 5.25 Å². The van der Waals surface area contributed by atoms with E-state index in [1.165, 1.54) is 6.92 Å². The molecule has 0 radical (unpaired) electrons. The largest absolute Gasteiger partial charge is 0.282 e. The molecule has 0 bridgehead atoms. The number of benzene rings is 1. The van der Waals surface area contributed by atoms with Crippen LogP contribution in [0.1, 0.15) is 18.1 Å². The second kappa shape index (κ2) is 5.07. The number of nitriles is 1. The van der Waals surface area contributed by atoms with Gasteiger partial charge in [0, 0.05) is 10.2 Å². The van der Waals surface area contributed by atoms with E-state index < -0.39 is 15.3 Å². The number of aryl methyl sites for hydroxylation is 2. The molecule has 0 spiro atoms. The van der Waals surface area contributed by atoms with Crippen molar-refractivity contribution >= 4 is 31.6 Å². The Bertz CT molecular complexity index is 553. The van der Waals surface area contributed by atoms with Gasteiger partial charge in [0.25, 0.3) is 0 Å². The molecule has 0 aliphatic rings. The predicted molar refractivity (Wildman–Crippen MR) is 71.2 cm³/mol. The number of anilines is 1. The monoisotopic (exact) mass is 316 g/mol. The Hall–Kier alpha value is -1.06. The lowest BCUT2D eigenvalue weighted by Crippen LogP contribution is -2.23. The van der Waals surface area contributed by atoms with Crippen LogP contribution in [0.5, 0.6) is 0 Å². The van der Waals surface area contributed by atoms with E-state index in [0.29, 0.717) is 5.69 Å². The number of sulfonamides is 1. The quantitative estimate of drug-likeness (QED) is 0.932. The van der Waals surface area contributed by atoms with Crippen LogP contribution in [0, 0.1) is 25.2 Å². The SMILES string of the molecule is Cc1cc(NS(=O)(=O)C(C)C#N)cc(C)c1Br. The van der Waals surface area contributed by atoms with Crippen molar-refractivity contribution in [3.63, 3.8) is 0 Å². The lowest BCUT2D eigenvalue weighted by atomic mass is 10.1. The molecule has 4 nitrogen and oxygen atoms in total. The third-order valence-electron chi connectivity index (χ3n) is 2.34. The molecule has 1 rings (SSSR count). The Kier molecular flexibility index (Phi) is 4.17. The first-order valence-electron chi connectivity index (χ1n) is 4.96. The lowest BCUT2D eigenvalue weighted by molar-refractivity contribution is 0.597. The van der Waals surface area contributed by atoms with Crippen molar-refractivity contribution in [2.75, 3.05) is 4.72 Å². The minimum Gasteiger partial charge on any atom is -0.282 e. The fourth-order valence-corrected chi connectivity index (χ4v) is 2.32. The van der Waals surface area contributed by atoms with E-state index in [1.54, 1.807) is 18.2 Å². The van der Waals surface area contributed by atoms with Gasteiger partial charge in [-0.05, 0) is 44.0 Å². The molecular weight excluding hydrogens is 304 g/mol. The summed E-state index contributed by atoms with van der Waals surface area (Å²) in [5.41, 5.74) is 2.35. The van der Waals surface area contributed by atoms with Gasteiger partial charge in [0.05, 0.1) is 6.07 Å². The van der Waals surface area contributed by atoms with Crippen LogP contribution >= 0.6 is 15.9 Å². The summed E-state index contributed by atoms with van der Waals surface area (Å²) in [5, 5.41) is 7.55. The Morgan fingerprint density at radius 2 is 1.82 bits per heavy atom. The topological polar surface area (TPSA) is 70.0 Å². The Morgan fingerprint density at radius 3 is 2.24 bits per heavy atom. The van der Waals surface area contributed by atoms with Crippen molar-refractivity contribution in [1.82, 2.24) is 0 Å². The summed E-state index contributed by atoms with van der Waals surface area (Å²) in [5.74, 6) is 0. The number of rotatable bonds is 3. The standard InChI is InChI=1S/C11H13BrN2O2S/c1-7-4-10(5-8(2)11(7)12)14-17(15,16)9(3)6-13/h4-5,9,14H,1-3H3. The highest BCUT2D eigenvalue weighted by Crippen LogP contribution is 2.25. The molecule has 0 saturated carbocycles. The molecule has 1 aromatic rings. The van der Waals surface area contributed by atoms with Crippen molar-refractivity contribution in [2.45, 2.75) is 26.0 Å². The molecule has 1 unspecified atom stereocenters. The summed E-state index contributed by atoms with van der Waals surface area (Å²) in [7, 11) is -3.64. The molecule has 1 atom stereocenters. The van der Waals surface area contributed by atoms with Crippen LogP contribution < -0.4 is 4.72 Å². The highest BCUT2D eigenvalue weighted by Gasteiger charge is 2.20. The number of halogens is 1. The summed E-state index contributed by atoms with van der Waals surface area (Å²) < 4.78 is 26.7. The molecule has 0 amide bonds. The third-order valence-corrected chi connectivity index (χ3v) is 5.15. The first-order chi connectivity index (χ1) is 7.77. The van der Waals surface area contributed by atoms with Crippen LogP contribution in [0.15, 0.2) is 16.6 Å². The second-order valence-electron chi connectivity index (χ2n) is 3.84. The van der Waals surface area contributed by atoms with Crippen LogP contribution in [0.25, 0.3) is 0 Å². The first kappa shape index (κ1) is 14.0. The maximum atomic E-state index is 11.7. The molecule has 6 heteroatoms. The van der Waals surface area contributed by atoms with E-state index in [-0.39, 0.29) is 0 Å². The van der Waals surface area contributed by atoms with Crippen molar-refractivity contribution in [3.8, 4) is 6.07 Å². The summed E-state index contributed by atoms with van der Waals surface area (Å²) in [6, 6.07) is 5.15. The molecule has 0 fully saturated rings. The number of nitrogens with zero attached hydrogens (tertiary/aromatic N) is 1. The van der Waals surface area contributed by atoms with E-state index in [2.05, 4.69) is 20.7 Å². The van der Waals surface area contributed by atoms with Crippen molar-refractivity contribution in [1.29, 1.82) is 5.26 Å². The Balaban J connectivity index is 3.10. The smallest absolute Gasteiger partial charge is 0.248 e. The predicted octanol–water partition coefficient (Wildman–Crippen LogP) is 2.72. The average molecular weight is 317 g/mol. The minimum atomic E-state index is -3.64. The highest BCUT2D eigenvalue weighted by atomic mass is 79.9. The molecule has 0 aliphatic carbocycles. The van der Waals surface area contributed by atoms with Gasteiger partial charge in [-0.3, -0.25) is 4.72 Å². The fourth-order valence-electron chi connectivity index (χ4n) is 1.33. The van der Waals surface area contributed by atoms with E-state index in [4.69, 9.17) is 5.26 Å². The third kappa shape index (κ3) is 3.20. The van der Waals surface area contributed by atoms with Gasteiger partial charge < -0.3 is 0 Å². The minimum absolute atomic E-state index is 0.477. The second-order valence-corrected chi connectivity index (χ2v) is 6.64. The maximum Gasteiger partial charge on any atom is 0.248 e. The van der Waals surface area contributed by atoms with Crippen LogP contribution in [0.3, 0.4) is 0 Å². The maximum absolute atomic E-state index is 11.7. The fraction of sp³-hybridized carbons (Fsp3) is 0.364. The van der Waals surface area contributed by atoms with Crippen LogP contribution in [0.4, 0.5) is 5.69 Å². The molecule has 1 aromatic carbocycles. The van der Waals surface area contributed by atoms with Gasteiger partial charge in [-0.2, -0.15) is 5.26 Å². The Labute approximate surface area is 110 Å². The zero-order valence-electron chi connectivity index (χ0n) is 9.78. The zero-order chi connectivity index (χ0) is 13.2. The van der Waals surface area contributed by atoms with E-state index in [1.807, 2.05) is 13.8 Å². The molecule has 0 saturated heterocycles. The summed E-state index contributed by atoms with van der Waals surface area (Å²) in [6.07, 6.45) is 0. The zero-order valence-corrected chi connectivity index (χ0v) is 12.2. The normalized spacial score (nSPS) is 12.9. The van der Waals surface area contributed by atoms with E-state index >= 15 is 0 Å². The Morgan fingerprint density at radius 1 is 1.35 bits per heavy atom. The molecule has 92 valence electrons. The highest BCUT2D eigenvalue weighted by molar-refractivity contribution is 9.10. The van der Waals surface area contributed by atoms with Gasteiger partial charge in [0.2, 0.25) is 10.0 Å². The van der Waals surface area contributed by atoms with Gasteiger partial charge in [-0.25, -0.2) is 8.42 Å². The first-order valence-corrected chi connectivity index (χ1v) is 7.30. The van der Waals surface area contributed by atoms with Crippen molar-refractivity contribution < 1.29 is 8.42 Å². The van der Waals surface area contributed by atoms with Crippen LogP contribution in [-0.2, 0) is 10.0 Å². The molecular formula is C11H13BrN2O2S. The van der Waals surface area contributed by atoms with E-state index in [0.717, 1.165) is 15.6 Å². The summed E-state index contributed by atoms with van der Waals surface area (Å²) >= 11 is 3.41. The molecule has 0 aromatic heterocycles. The number of nitrogens with one attached hydrogen (secondary N) is 1. The van der Waals surface area contributed by atoms with Crippen LogP contribution in [0.2, 0.25) is 0 Å². The van der Waals surface area contributed by atoms with Gasteiger partial charge in [0.1, 0.15) is 0 Å². The molecule has 1 N–H and O–H groups in total. The molecule has 0 heterocycles. The van der Waals surface area contributed by atoms with Crippen molar-refractivity contribution in [2.24, 2.45) is 0 Å². The summed E-state index contributed by atoms with van der Waals surface area (Å²) in [4.78, 5) is 0. The lowest BCUT2D eigenvalue weighted by Gasteiger charge is -2.12. The summed E-state index contributed by atoms with van der Waals surface area (Å²) in [6.45, 7) is 5.10. The molecule has 0 aliphatic heterocycles. The number of hydrogen-bond donors (Lipinski definition) is 1. The van der Waals surface area contributed by atoms with Crippen molar-refractivity contribution in [3.05, 3.63) is 27.7 Å². The number of hydrogen-bond acceptors (Lipinski definition) is 3. The van der Waals surface area contributed by atoms with Gasteiger partial charge >= 0.3 is 0 Å². The average Bonchev–Trinajstić information content (AvgIpc) is 2.24. The molecule has 17 heavy (non-hydrogen) atoms. The van der Waals surface area contributed by atoms with Crippen LogP contribution in [-0.4, -0.2) is 13.7 Å². The van der Waals surface area contributed by atoms with E-state index in [9.17, 15) is 8.42 Å². The van der Waals surface area contributed by atoms with Gasteiger partial charge in [-0.15, -0.1) is 0 Å². The van der Waals surface area contributed by atoms with Gasteiger partial charge in [-0.1, -0.05) is 15.9 Å².